The highest BCUT2D eigenvalue weighted by molar-refractivity contribution is 5.68. The molecule has 6 heteroatoms. The van der Waals surface area contributed by atoms with Crippen LogP contribution in [-0.4, -0.2) is 28.9 Å². The molecule has 0 spiro atoms. The van der Waals surface area contributed by atoms with Crippen molar-refractivity contribution in [1.82, 2.24) is 15.8 Å². The van der Waals surface area contributed by atoms with Gasteiger partial charge in [-0.05, 0) is 47.5 Å². The maximum absolute atomic E-state index is 12.1. The predicted octanol–water partition coefficient (Wildman–Crippen LogP) is 3.46. The number of hydrogen-bond acceptors (Lipinski definition) is 5. The Labute approximate surface area is 139 Å². The van der Waals surface area contributed by atoms with Gasteiger partial charge in [-0.1, -0.05) is 19.0 Å². The summed E-state index contributed by atoms with van der Waals surface area (Å²) >= 11 is 0. The number of hydrogen-bond donors (Lipinski definition) is 2. The van der Waals surface area contributed by atoms with E-state index in [2.05, 4.69) is 29.6 Å². The highest BCUT2D eigenvalue weighted by Crippen LogP contribution is 2.17. The molecule has 0 fully saturated rings. The van der Waals surface area contributed by atoms with Crippen LogP contribution in [-0.2, 0) is 11.3 Å². The van der Waals surface area contributed by atoms with E-state index in [1.54, 1.807) is 0 Å². The Morgan fingerprint density at radius 3 is 2.26 bits per heavy atom. The fraction of sp³-hybridized carbons (Fsp3) is 0.765. The average Bonchev–Trinajstić information content (AvgIpc) is 2.75. The van der Waals surface area contributed by atoms with Crippen LogP contribution in [0.1, 0.15) is 64.5 Å². The molecule has 0 unspecified atom stereocenters. The van der Waals surface area contributed by atoms with Crippen LogP contribution in [0.2, 0.25) is 0 Å². The highest BCUT2D eigenvalue weighted by atomic mass is 16.6. The number of nitrogens with zero attached hydrogens (tertiary/aromatic N) is 1. The van der Waals surface area contributed by atoms with E-state index in [1.165, 1.54) is 0 Å². The molecule has 0 saturated carbocycles. The third-order valence-corrected chi connectivity index (χ3v) is 4.07. The molecule has 1 heterocycles. The summed E-state index contributed by atoms with van der Waals surface area (Å²) in [5, 5.41) is 10.4. The minimum atomic E-state index is -0.499. The fourth-order valence-corrected chi connectivity index (χ4v) is 2.42. The molecule has 0 aliphatic rings. The number of amides is 1. The Kier molecular flexibility index (Phi) is 6.62. The molecule has 1 aromatic heterocycles. The van der Waals surface area contributed by atoms with Crippen LogP contribution in [0, 0.1) is 13.8 Å². The van der Waals surface area contributed by atoms with Gasteiger partial charge in [0.15, 0.2) is 0 Å². The molecule has 0 aliphatic carbocycles. The summed E-state index contributed by atoms with van der Waals surface area (Å²) in [5.74, 6) is 0.827. The van der Waals surface area contributed by atoms with E-state index in [0.717, 1.165) is 29.9 Å². The molecule has 2 N–H and O–H groups in total. The zero-order valence-electron chi connectivity index (χ0n) is 15.5. The number of rotatable bonds is 7. The summed E-state index contributed by atoms with van der Waals surface area (Å²) in [6.45, 7) is 14.9. The number of carbonyl (C=O) groups is 1. The topological polar surface area (TPSA) is 76.4 Å². The van der Waals surface area contributed by atoms with Gasteiger partial charge in [0.25, 0.3) is 0 Å². The minimum absolute atomic E-state index is 0.332. The first-order valence-corrected chi connectivity index (χ1v) is 8.26. The summed E-state index contributed by atoms with van der Waals surface area (Å²) in [5.41, 5.74) is 1.14. The lowest BCUT2D eigenvalue weighted by atomic mass is 9.92. The van der Waals surface area contributed by atoms with Crippen LogP contribution < -0.4 is 10.6 Å². The molecule has 0 aromatic carbocycles. The van der Waals surface area contributed by atoms with Crippen LogP contribution in [0.5, 0.6) is 0 Å². The van der Waals surface area contributed by atoms with Gasteiger partial charge in [-0.3, -0.25) is 0 Å². The van der Waals surface area contributed by atoms with Crippen molar-refractivity contribution in [3.63, 3.8) is 0 Å². The van der Waals surface area contributed by atoms with Crippen molar-refractivity contribution < 1.29 is 14.1 Å². The van der Waals surface area contributed by atoms with E-state index in [0.29, 0.717) is 13.1 Å². The lowest BCUT2D eigenvalue weighted by Crippen LogP contribution is -2.55. The molecule has 6 nitrogen and oxygen atoms in total. The number of aryl methyl sites for hydroxylation is 2. The van der Waals surface area contributed by atoms with E-state index in [1.807, 2.05) is 34.6 Å². The van der Waals surface area contributed by atoms with Crippen molar-refractivity contribution in [2.75, 3.05) is 6.54 Å². The van der Waals surface area contributed by atoms with Crippen molar-refractivity contribution in [3.8, 4) is 0 Å². The van der Waals surface area contributed by atoms with Crippen LogP contribution in [0.4, 0.5) is 4.79 Å². The predicted molar refractivity (Wildman–Crippen MR) is 90.4 cm³/mol. The monoisotopic (exact) mass is 325 g/mol. The van der Waals surface area contributed by atoms with Gasteiger partial charge in [0, 0.05) is 18.7 Å². The lowest BCUT2D eigenvalue weighted by Gasteiger charge is -2.34. The van der Waals surface area contributed by atoms with E-state index in [9.17, 15) is 4.79 Å². The molecule has 0 atom stereocenters. The largest absolute Gasteiger partial charge is 0.444 e. The number of carbonyl (C=O) groups excluding carboxylic acids is 1. The van der Waals surface area contributed by atoms with Gasteiger partial charge in [0.1, 0.15) is 11.4 Å². The third kappa shape index (κ3) is 5.86. The van der Waals surface area contributed by atoms with E-state index in [-0.39, 0.29) is 11.6 Å². The van der Waals surface area contributed by atoms with Crippen LogP contribution in [0.15, 0.2) is 4.52 Å². The number of ether oxygens (including phenoxy) is 1. The standard InChI is InChI=1S/C17H31N3O3/c1-8-17(9-2,19-15(21)22-16(5,6)7)11-18-10-14-12(3)20-23-13(14)4/h18H,8-11H2,1-7H3,(H,19,21). The van der Waals surface area contributed by atoms with Crippen LogP contribution in [0.25, 0.3) is 0 Å². The molecule has 0 aliphatic heterocycles. The van der Waals surface area contributed by atoms with Gasteiger partial charge < -0.3 is 19.9 Å². The van der Waals surface area contributed by atoms with Crippen molar-refractivity contribution in [1.29, 1.82) is 0 Å². The lowest BCUT2D eigenvalue weighted by molar-refractivity contribution is 0.0446. The maximum atomic E-state index is 12.1. The van der Waals surface area contributed by atoms with E-state index in [4.69, 9.17) is 9.26 Å². The summed E-state index contributed by atoms with van der Waals surface area (Å²) in [6, 6.07) is 0. The number of alkyl carbamates (subject to hydrolysis) is 1. The first kappa shape index (κ1) is 19.5. The second-order valence-corrected chi connectivity index (χ2v) is 7.02. The summed E-state index contributed by atoms with van der Waals surface area (Å²) in [4.78, 5) is 12.1. The highest BCUT2D eigenvalue weighted by Gasteiger charge is 2.30. The van der Waals surface area contributed by atoms with Crippen molar-refractivity contribution in [2.45, 2.75) is 79.0 Å². The van der Waals surface area contributed by atoms with E-state index >= 15 is 0 Å². The van der Waals surface area contributed by atoms with Crippen molar-refractivity contribution in [2.24, 2.45) is 0 Å². The van der Waals surface area contributed by atoms with Gasteiger partial charge in [-0.15, -0.1) is 0 Å². The normalized spacial score (nSPS) is 12.3. The van der Waals surface area contributed by atoms with Crippen LogP contribution in [0.3, 0.4) is 0 Å². The van der Waals surface area contributed by atoms with Gasteiger partial charge >= 0.3 is 6.09 Å². The Hall–Kier alpha value is -1.56. The van der Waals surface area contributed by atoms with Gasteiger partial charge in [0.05, 0.1) is 11.2 Å². The third-order valence-electron chi connectivity index (χ3n) is 4.07. The van der Waals surface area contributed by atoms with Crippen molar-refractivity contribution in [3.05, 3.63) is 17.0 Å². The Morgan fingerprint density at radius 2 is 1.83 bits per heavy atom. The summed E-state index contributed by atoms with van der Waals surface area (Å²) in [7, 11) is 0. The Balaban J connectivity index is 2.64. The molecule has 0 bridgehead atoms. The minimum Gasteiger partial charge on any atom is -0.444 e. The zero-order chi connectivity index (χ0) is 17.7. The molecule has 23 heavy (non-hydrogen) atoms. The second kappa shape index (κ2) is 7.81. The molecular formula is C17H31N3O3. The molecule has 132 valence electrons. The van der Waals surface area contributed by atoms with Gasteiger partial charge in [0.2, 0.25) is 0 Å². The average molecular weight is 325 g/mol. The first-order chi connectivity index (χ1) is 10.6. The Bertz CT molecular complexity index is 494. The van der Waals surface area contributed by atoms with Crippen molar-refractivity contribution >= 4 is 6.09 Å². The SMILES string of the molecule is CCC(CC)(CNCc1c(C)noc1C)NC(=O)OC(C)(C)C. The molecule has 0 radical (unpaired) electrons. The molecular weight excluding hydrogens is 294 g/mol. The summed E-state index contributed by atoms with van der Waals surface area (Å²) in [6.07, 6.45) is 1.26. The molecule has 1 rings (SSSR count). The Morgan fingerprint density at radius 1 is 1.22 bits per heavy atom. The number of nitrogens with one attached hydrogen (secondary N) is 2. The first-order valence-electron chi connectivity index (χ1n) is 8.26. The quantitative estimate of drug-likeness (QED) is 0.803. The smallest absolute Gasteiger partial charge is 0.408 e. The molecule has 0 saturated heterocycles. The fourth-order valence-electron chi connectivity index (χ4n) is 2.42. The number of aromatic nitrogens is 1. The van der Waals surface area contributed by atoms with Gasteiger partial charge in [-0.2, -0.15) is 0 Å². The van der Waals surface area contributed by atoms with Crippen LogP contribution >= 0.6 is 0 Å². The molecule has 1 aromatic rings. The van der Waals surface area contributed by atoms with Gasteiger partial charge in [-0.25, -0.2) is 4.79 Å². The maximum Gasteiger partial charge on any atom is 0.408 e. The van der Waals surface area contributed by atoms with E-state index < -0.39 is 5.60 Å². The molecule has 1 amide bonds. The second-order valence-electron chi connectivity index (χ2n) is 7.02. The zero-order valence-corrected chi connectivity index (χ0v) is 15.5. The summed E-state index contributed by atoms with van der Waals surface area (Å²) < 4.78 is 10.6.